The van der Waals surface area contributed by atoms with Crippen LogP contribution in [-0.4, -0.2) is 0 Å². The van der Waals surface area contributed by atoms with E-state index in [-0.39, 0.29) is 146 Å². The molecular weight excluding hydrogens is 1770 g/mol. The summed E-state index contributed by atoms with van der Waals surface area (Å²) in [6.45, 7) is 41.3. The fourth-order valence-corrected chi connectivity index (χ4v) is 18.2. The summed E-state index contributed by atoms with van der Waals surface area (Å²) in [7, 11) is 0. The predicted molar refractivity (Wildman–Crippen MR) is 561 cm³/mol. The van der Waals surface area contributed by atoms with Crippen molar-refractivity contribution in [3.8, 4) is 0 Å². The Hall–Kier alpha value is -14.1. The van der Waals surface area contributed by atoms with Crippen LogP contribution in [0.3, 0.4) is 0 Å². The van der Waals surface area contributed by atoms with Crippen molar-refractivity contribution in [1.82, 2.24) is 0 Å². The monoisotopic (exact) mass is 1890 g/mol. The lowest BCUT2D eigenvalue weighted by atomic mass is 9.86. The molecule has 0 aromatic heterocycles. The van der Waals surface area contributed by atoms with Crippen LogP contribution in [0.2, 0.25) is 0 Å². The van der Waals surface area contributed by atoms with Gasteiger partial charge in [-0.15, -0.1) is 0 Å². The molecule has 0 N–H and O–H groups in total. The third-order valence-corrected chi connectivity index (χ3v) is 26.4. The summed E-state index contributed by atoms with van der Waals surface area (Å²) in [5.41, 5.74) is 11.5. The summed E-state index contributed by atoms with van der Waals surface area (Å²) in [6.07, 6.45) is 15.0. The molecule has 0 aliphatic heterocycles. The Bertz CT molecular complexity index is 6570. The maximum absolute atomic E-state index is 17.4. The van der Waals surface area contributed by atoms with Gasteiger partial charge in [0.1, 0.15) is 0 Å². The summed E-state index contributed by atoms with van der Waals surface area (Å²) in [4.78, 5) is 6.25. The van der Waals surface area contributed by atoms with Gasteiger partial charge in [-0.1, -0.05) is 333 Å². The number of benzene rings is 16. The Labute approximate surface area is 814 Å². The zero-order chi connectivity index (χ0) is 101. The fourth-order valence-electron chi connectivity index (χ4n) is 18.2. The van der Waals surface area contributed by atoms with E-state index in [1.165, 1.54) is 0 Å². The maximum Gasteiger partial charge on any atom is 0.194 e. The molecule has 0 heterocycles. The molecule has 16 aromatic carbocycles. The lowest BCUT2D eigenvalue weighted by Gasteiger charge is -2.35. The zero-order valence-corrected chi connectivity index (χ0v) is 82.5. The highest BCUT2D eigenvalue weighted by molar-refractivity contribution is 6.33. The Balaban J connectivity index is 1.15. The second-order valence-electron chi connectivity index (χ2n) is 41.8. The van der Waals surface area contributed by atoms with Crippen molar-refractivity contribution in [1.29, 1.82) is 0 Å². The van der Waals surface area contributed by atoms with Gasteiger partial charge in [0.15, 0.2) is 69.8 Å². The minimum absolute atomic E-state index is 0.0437. The second kappa shape index (κ2) is 38.9. The molecule has 16 aromatic rings. The van der Waals surface area contributed by atoms with Gasteiger partial charge in [-0.3, -0.25) is 0 Å². The summed E-state index contributed by atoms with van der Waals surface area (Å²) in [5, 5.41) is 1.31. The fraction of sp³-hybridized carbons (Fsp3) is 0.226. The van der Waals surface area contributed by atoms with Crippen LogP contribution in [0, 0.1) is 69.8 Å². The first-order chi connectivity index (χ1) is 66.2. The van der Waals surface area contributed by atoms with Crippen LogP contribution in [0.15, 0.2) is 255 Å². The molecule has 0 aliphatic carbocycles. The van der Waals surface area contributed by atoms with Gasteiger partial charge in [0.2, 0.25) is 0 Å². The molecule has 140 heavy (non-hydrogen) atoms. The van der Waals surface area contributed by atoms with E-state index in [0.29, 0.717) is 22.3 Å². The topological polar surface area (TPSA) is 13.0 Å². The average molecular weight is 1890 g/mol. The molecule has 0 aliphatic rings. The van der Waals surface area contributed by atoms with Gasteiger partial charge in [-0.05, 0) is 195 Å². The van der Waals surface area contributed by atoms with Crippen LogP contribution < -0.4 is 19.6 Å². The Morgan fingerprint density at radius 2 is 0.364 bits per heavy atom. The van der Waals surface area contributed by atoms with E-state index in [0.717, 1.165) is 115 Å². The van der Waals surface area contributed by atoms with Crippen molar-refractivity contribution in [2.45, 2.75) is 184 Å². The van der Waals surface area contributed by atoms with Crippen molar-refractivity contribution in [2.75, 3.05) is 19.6 Å². The van der Waals surface area contributed by atoms with E-state index in [9.17, 15) is 0 Å². The summed E-state index contributed by atoms with van der Waals surface area (Å²) >= 11 is 0. The zero-order valence-electron chi connectivity index (χ0n) is 82.5. The Morgan fingerprint density at radius 3 is 0.521 bits per heavy atom. The standard InChI is InChI=1S/C124H114F12N4/c1-71(2)79-37-53-107(83(57-79)33-21-75-25-41-87(42-26-75)121(9,10)11)137(91-61-99(125)117(133)100(126)62-91)111-69-112(138(92-63-101(127)118(134)102(128)64-92)108-54-38-80(72(3)4)58-84(108)34-22-76-27-43-88(44-28-76)122(12,13)14)96-51-52-98-114(140(94-67-105(131)120(136)106(132)68-94)110-56-40-82(74(7)8)60-86(110)36-24-78-31-47-90(48-32-78)124(18,19)20)70-113(97-50-49-95(111)115(96)116(97)98)139(93-65-103(129)119(135)104(130)66-93)109-55-39-81(73(5)6)59-85(109)35-23-77-29-45-89(46-30-77)123(15,16)17/h21-74H,1-20H3/b33-21+,34-22+,35-23+,36-24+. The van der Waals surface area contributed by atoms with E-state index in [4.69, 9.17) is 0 Å². The van der Waals surface area contributed by atoms with Gasteiger partial charge >= 0.3 is 0 Å². The largest absolute Gasteiger partial charge is 0.309 e. The van der Waals surface area contributed by atoms with Crippen molar-refractivity contribution < 1.29 is 52.7 Å². The molecule has 0 spiro atoms. The Kier molecular flexibility index (Phi) is 27.5. The number of anilines is 12. The van der Waals surface area contributed by atoms with Gasteiger partial charge in [0.25, 0.3) is 0 Å². The molecule has 0 amide bonds. The van der Waals surface area contributed by atoms with Crippen molar-refractivity contribution in [3.63, 3.8) is 0 Å². The molecule has 0 fully saturated rings. The maximum atomic E-state index is 17.4. The highest BCUT2D eigenvalue weighted by Crippen LogP contribution is 2.58. The number of hydrogen-bond acceptors (Lipinski definition) is 4. The van der Waals surface area contributed by atoms with Crippen LogP contribution in [0.4, 0.5) is 121 Å². The van der Waals surface area contributed by atoms with E-state index >= 15 is 52.7 Å². The Morgan fingerprint density at radius 1 is 0.193 bits per heavy atom. The second-order valence-corrected chi connectivity index (χ2v) is 41.8. The van der Waals surface area contributed by atoms with Crippen LogP contribution in [0.5, 0.6) is 0 Å². The smallest absolute Gasteiger partial charge is 0.194 e. The molecule has 0 atom stereocenters. The molecule has 16 heteroatoms. The van der Waals surface area contributed by atoms with Crippen LogP contribution in [0.25, 0.3) is 80.9 Å². The van der Waals surface area contributed by atoms with E-state index in [1.54, 1.807) is 80.3 Å². The van der Waals surface area contributed by atoms with Gasteiger partial charge in [0, 0.05) is 80.8 Å². The first kappa shape index (κ1) is 98.9. The number of halogens is 12. The SMILES string of the molecule is CC(C)c1ccc(N(c2cc(F)c(F)c(F)c2)c2cc(N(c3cc(F)c(F)c(F)c3)c3ccc(C(C)C)cc3/C=C/c3ccc(C(C)(C)C)cc3)c3ccc4c(N(c5cc(F)c(F)c(F)c5)c5ccc(C(C)C)cc5/C=C/c5ccc(C(C)(C)C)cc5)cc(N(c5cc(F)c(F)c(F)c5)c5ccc(C(C)C)cc5/C=C/c5ccc(C(C)(C)C)cc5)c5ccc2c3c54)c(/C=C/c2ccc(C(C)(C)C)cc2)c1. The van der Waals surface area contributed by atoms with Gasteiger partial charge < -0.3 is 19.6 Å². The molecular formula is C124H114F12N4. The third kappa shape index (κ3) is 20.3. The average Bonchev–Trinajstić information content (AvgIpc) is 0.694. The highest BCUT2D eigenvalue weighted by Gasteiger charge is 2.35. The van der Waals surface area contributed by atoms with Crippen LogP contribution in [-0.2, 0) is 21.7 Å². The minimum Gasteiger partial charge on any atom is -0.309 e. The molecule has 714 valence electrons. The van der Waals surface area contributed by atoms with E-state index in [1.807, 2.05) is 250 Å². The van der Waals surface area contributed by atoms with Gasteiger partial charge in [0.05, 0.1) is 68.2 Å². The minimum atomic E-state index is -1.80. The molecule has 0 saturated carbocycles. The summed E-state index contributed by atoms with van der Waals surface area (Å²) in [6, 6.07) is 71.5. The summed E-state index contributed by atoms with van der Waals surface area (Å²) in [5.74, 6) is -20.5. The van der Waals surface area contributed by atoms with Gasteiger partial charge in [-0.25, -0.2) is 52.7 Å². The van der Waals surface area contributed by atoms with E-state index in [2.05, 4.69) is 83.1 Å². The third-order valence-electron chi connectivity index (χ3n) is 26.4. The molecule has 16 rings (SSSR count). The highest BCUT2D eigenvalue weighted by atomic mass is 19.2. The lowest BCUT2D eigenvalue weighted by molar-refractivity contribution is 0.447. The molecule has 0 bridgehead atoms. The number of nitrogens with zero attached hydrogens (tertiary/aromatic N) is 4. The lowest BCUT2D eigenvalue weighted by Crippen LogP contribution is -2.18. The van der Waals surface area contributed by atoms with Crippen molar-refractivity contribution in [3.05, 3.63) is 414 Å². The normalized spacial score (nSPS) is 12.6. The van der Waals surface area contributed by atoms with Crippen LogP contribution in [0.1, 0.15) is 251 Å². The quantitative estimate of drug-likeness (QED) is 0.0259. The molecule has 0 radical (unpaired) electrons. The first-order valence-corrected chi connectivity index (χ1v) is 47.4. The molecule has 4 nitrogen and oxygen atoms in total. The van der Waals surface area contributed by atoms with Crippen molar-refractivity contribution in [2.24, 2.45) is 0 Å². The predicted octanol–water partition coefficient (Wildman–Crippen LogP) is 38.5. The molecule has 0 saturated heterocycles. The van der Waals surface area contributed by atoms with Crippen molar-refractivity contribution >= 4 is 149 Å². The van der Waals surface area contributed by atoms with E-state index < -0.39 is 69.8 Å². The molecule has 0 unspecified atom stereocenters. The van der Waals surface area contributed by atoms with Crippen LogP contribution >= 0.6 is 0 Å². The number of hydrogen-bond donors (Lipinski definition) is 0. The summed E-state index contributed by atoms with van der Waals surface area (Å²) < 4.78 is 205. The number of rotatable bonds is 24. The first-order valence-electron chi connectivity index (χ1n) is 47.4. The van der Waals surface area contributed by atoms with Gasteiger partial charge in [-0.2, -0.15) is 0 Å².